The van der Waals surface area contributed by atoms with Crippen LogP contribution in [-0.4, -0.2) is 24.3 Å². The molecule has 1 saturated carbocycles. The predicted molar refractivity (Wildman–Crippen MR) is 78.2 cm³/mol. The number of hydrogen-bond donors (Lipinski definition) is 2. The summed E-state index contributed by atoms with van der Waals surface area (Å²) in [5.74, 6) is 7.13. The molecule has 112 valence electrons. The maximum Gasteiger partial charge on any atom is 0.137 e. The largest absolute Gasteiger partial charge is 0.492 e. The van der Waals surface area contributed by atoms with Crippen molar-refractivity contribution in [3.8, 4) is 5.75 Å². The zero-order valence-electron chi connectivity index (χ0n) is 12.3. The first-order valence-electron chi connectivity index (χ1n) is 7.45. The third-order valence-electron chi connectivity index (χ3n) is 3.52. The summed E-state index contributed by atoms with van der Waals surface area (Å²) in [5, 5.41) is 0. The van der Waals surface area contributed by atoms with Crippen LogP contribution in [0.25, 0.3) is 0 Å². The SMILES string of the molecule is CCCOc1cncc(C(NN)C(OCC)C2CC2)c1. The zero-order chi connectivity index (χ0) is 14.4. The number of nitrogens with zero attached hydrogens (tertiary/aromatic N) is 1. The number of hydrazine groups is 1. The molecule has 0 spiro atoms. The van der Waals surface area contributed by atoms with Gasteiger partial charge in [0, 0.05) is 12.8 Å². The minimum Gasteiger partial charge on any atom is -0.492 e. The second kappa shape index (κ2) is 7.57. The number of hydrogen-bond acceptors (Lipinski definition) is 5. The van der Waals surface area contributed by atoms with E-state index in [0.29, 0.717) is 19.1 Å². The lowest BCUT2D eigenvalue weighted by molar-refractivity contribution is 0.0184. The number of nitrogens with two attached hydrogens (primary N) is 1. The van der Waals surface area contributed by atoms with Gasteiger partial charge in [-0.2, -0.15) is 0 Å². The molecule has 1 heterocycles. The summed E-state index contributed by atoms with van der Waals surface area (Å²) < 4.78 is 11.5. The molecule has 1 aliphatic carbocycles. The molecule has 2 atom stereocenters. The van der Waals surface area contributed by atoms with E-state index in [9.17, 15) is 0 Å². The van der Waals surface area contributed by atoms with Crippen LogP contribution in [0.4, 0.5) is 0 Å². The summed E-state index contributed by atoms with van der Waals surface area (Å²) in [5.41, 5.74) is 3.91. The third-order valence-corrected chi connectivity index (χ3v) is 3.52. The standard InChI is InChI=1S/C15H25N3O2/c1-3-7-20-13-8-12(9-17-10-13)14(18-16)15(19-4-2)11-5-6-11/h8-11,14-15,18H,3-7,16H2,1-2H3. The van der Waals surface area contributed by atoms with Crippen LogP contribution in [0.1, 0.15) is 44.7 Å². The second-order valence-electron chi connectivity index (χ2n) is 5.20. The maximum atomic E-state index is 5.88. The molecular formula is C15H25N3O2. The summed E-state index contributed by atoms with van der Waals surface area (Å²) in [6.45, 7) is 5.49. The molecule has 0 bridgehead atoms. The summed E-state index contributed by atoms with van der Waals surface area (Å²) >= 11 is 0. The molecule has 0 aliphatic heterocycles. The highest BCUT2D eigenvalue weighted by Gasteiger charge is 2.37. The van der Waals surface area contributed by atoms with E-state index in [4.69, 9.17) is 15.3 Å². The Morgan fingerprint density at radius 2 is 2.20 bits per heavy atom. The Morgan fingerprint density at radius 1 is 1.40 bits per heavy atom. The second-order valence-corrected chi connectivity index (χ2v) is 5.20. The van der Waals surface area contributed by atoms with E-state index in [-0.39, 0.29) is 12.1 Å². The molecule has 5 heteroatoms. The first kappa shape index (κ1) is 15.2. The molecule has 1 aromatic heterocycles. The Balaban J connectivity index is 2.12. The van der Waals surface area contributed by atoms with Crippen LogP contribution < -0.4 is 16.0 Å². The van der Waals surface area contributed by atoms with E-state index in [1.165, 1.54) is 12.8 Å². The molecule has 20 heavy (non-hydrogen) atoms. The van der Waals surface area contributed by atoms with Crippen LogP contribution in [-0.2, 0) is 4.74 Å². The third kappa shape index (κ3) is 3.91. The molecule has 5 nitrogen and oxygen atoms in total. The normalized spacial score (nSPS) is 17.8. The smallest absolute Gasteiger partial charge is 0.137 e. The van der Waals surface area contributed by atoms with Crippen molar-refractivity contribution >= 4 is 0 Å². The van der Waals surface area contributed by atoms with Gasteiger partial charge in [0.05, 0.1) is 24.9 Å². The summed E-state index contributed by atoms with van der Waals surface area (Å²) in [4.78, 5) is 4.25. The highest BCUT2D eigenvalue weighted by Crippen LogP contribution is 2.40. The summed E-state index contributed by atoms with van der Waals surface area (Å²) in [6.07, 6.45) is 7.07. The highest BCUT2D eigenvalue weighted by atomic mass is 16.5. The van der Waals surface area contributed by atoms with E-state index in [2.05, 4.69) is 17.3 Å². The summed E-state index contributed by atoms with van der Waals surface area (Å²) in [7, 11) is 0. The van der Waals surface area contributed by atoms with Crippen molar-refractivity contribution in [1.29, 1.82) is 0 Å². The van der Waals surface area contributed by atoms with E-state index >= 15 is 0 Å². The van der Waals surface area contributed by atoms with Gasteiger partial charge in [0.2, 0.25) is 0 Å². The first-order valence-corrected chi connectivity index (χ1v) is 7.45. The van der Waals surface area contributed by atoms with Gasteiger partial charge in [-0.25, -0.2) is 0 Å². The molecule has 0 saturated heterocycles. The monoisotopic (exact) mass is 279 g/mol. The van der Waals surface area contributed by atoms with Crippen molar-refractivity contribution in [2.75, 3.05) is 13.2 Å². The first-order chi connectivity index (χ1) is 9.80. The molecule has 2 rings (SSSR count). The Labute approximate surface area is 120 Å². The van der Waals surface area contributed by atoms with Crippen molar-refractivity contribution in [3.63, 3.8) is 0 Å². The number of pyridine rings is 1. The molecule has 0 aromatic carbocycles. The molecule has 0 radical (unpaired) electrons. The quantitative estimate of drug-likeness (QED) is 0.535. The van der Waals surface area contributed by atoms with Gasteiger partial charge in [-0.1, -0.05) is 6.92 Å². The van der Waals surface area contributed by atoms with Crippen LogP contribution in [0.5, 0.6) is 5.75 Å². The molecule has 1 aliphatic rings. The van der Waals surface area contributed by atoms with E-state index in [1.54, 1.807) is 6.20 Å². The minimum absolute atomic E-state index is 0.0415. The van der Waals surface area contributed by atoms with Crippen molar-refractivity contribution < 1.29 is 9.47 Å². The Kier molecular flexibility index (Phi) is 5.76. The van der Waals surface area contributed by atoms with Crippen molar-refractivity contribution in [3.05, 3.63) is 24.0 Å². The van der Waals surface area contributed by atoms with Crippen molar-refractivity contribution in [1.82, 2.24) is 10.4 Å². The molecule has 0 amide bonds. The van der Waals surface area contributed by atoms with Crippen LogP contribution in [0.3, 0.4) is 0 Å². The maximum absolute atomic E-state index is 5.88. The van der Waals surface area contributed by atoms with Gasteiger partial charge in [0.1, 0.15) is 5.75 Å². The average Bonchev–Trinajstić information content (AvgIpc) is 3.30. The van der Waals surface area contributed by atoms with Crippen LogP contribution in [0.2, 0.25) is 0 Å². The van der Waals surface area contributed by atoms with Crippen LogP contribution in [0, 0.1) is 5.92 Å². The Hall–Kier alpha value is -1.17. The molecule has 2 unspecified atom stereocenters. The minimum atomic E-state index is -0.0415. The van der Waals surface area contributed by atoms with Gasteiger partial charge >= 0.3 is 0 Å². The zero-order valence-corrected chi connectivity index (χ0v) is 12.3. The van der Waals surface area contributed by atoms with Gasteiger partial charge < -0.3 is 9.47 Å². The van der Waals surface area contributed by atoms with Gasteiger partial charge in [-0.3, -0.25) is 16.3 Å². The molecular weight excluding hydrogens is 254 g/mol. The van der Waals surface area contributed by atoms with Crippen LogP contribution >= 0.6 is 0 Å². The van der Waals surface area contributed by atoms with E-state index in [1.807, 2.05) is 19.2 Å². The lowest BCUT2D eigenvalue weighted by atomic mass is 10.00. The Morgan fingerprint density at radius 3 is 2.80 bits per heavy atom. The van der Waals surface area contributed by atoms with E-state index in [0.717, 1.165) is 17.7 Å². The molecule has 3 N–H and O–H groups in total. The summed E-state index contributed by atoms with van der Waals surface area (Å²) in [6, 6.07) is 1.96. The average molecular weight is 279 g/mol. The number of ether oxygens (including phenoxy) is 2. The molecule has 1 aromatic rings. The predicted octanol–water partition coefficient (Wildman–Crippen LogP) is 2.19. The topological polar surface area (TPSA) is 69.4 Å². The lowest BCUT2D eigenvalue weighted by Gasteiger charge is -2.26. The Bertz CT molecular complexity index is 410. The fourth-order valence-electron chi connectivity index (χ4n) is 2.41. The van der Waals surface area contributed by atoms with Crippen molar-refractivity contribution in [2.24, 2.45) is 11.8 Å². The fourth-order valence-corrected chi connectivity index (χ4v) is 2.41. The highest BCUT2D eigenvalue weighted by molar-refractivity contribution is 5.27. The van der Waals surface area contributed by atoms with E-state index < -0.39 is 0 Å². The van der Waals surface area contributed by atoms with Gasteiger partial charge in [0.25, 0.3) is 0 Å². The van der Waals surface area contributed by atoms with Crippen LogP contribution in [0.15, 0.2) is 18.5 Å². The fraction of sp³-hybridized carbons (Fsp3) is 0.667. The van der Waals surface area contributed by atoms with Gasteiger partial charge in [-0.05, 0) is 43.7 Å². The number of rotatable bonds is 9. The number of nitrogens with one attached hydrogen (secondary N) is 1. The number of aromatic nitrogens is 1. The van der Waals surface area contributed by atoms with Crippen molar-refractivity contribution in [2.45, 2.75) is 45.3 Å². The lowest BCUT2D eigenvalue weighted by Crippen LogP contribution is -2.39. The van der Waals surface area contributed by atoms with Gasteiger partial charge in [0.15, 0.2) is 0 Å². The van der Waals surface area contributed by atoms with Gasteiger partial charge in [-0.15, -0.1) is 0 Å². The molecule has 1 fully saturated rings.